The first-order valence-electron chi connectivity index (χ1n) is 5.59. The minimum Gasteiger partial charge on any atom is -0.376 e. The Morgan fingerprint density at radius 2 is 1.60 bits per heavy atom. The lowest BCUT2D eigenvalue weighted by Crippen LogP contribution is -2.08. The van der Waals surface area contributed by atoms with Crippen LogP contribution in [0, 0.1) is 34.6 Å². The average molecular weight is 280 g/mol. The quantitative estimate of drug-likeness (QED) is 0.687. The van der Waals surface area contributed by atoms with Gasteiger partial charge < -0.3 is 5.32 Å². The molecule has 0 fully saturated rings. The molecule has 102 valence electrons. The summed E-state index contributed by atoms with van der Waals surface area (Å²) in [5.41, 5.74) is -0.133. The lowest BCUT2D eigenvalue weighted by atomic mass is 10.1. The van der Waals surface area contributed by atoms with Crippen molar-refractivity contribution in [1.82, 2.24) is 0 Å². The molecule has 2 rings (SSSR count). The van der Waals surface area contributed by atoms with E-state index in [4.69, 9.17) is 5.26 Å². The molecule has 2 aromatic carbocycles. The Balaban J connectivity index is 2.30. The molecule has 20 heavy (non-hydrogen) atoms. The van der Waals surface area contributed by atoms with Crippen molar-refractivity contribution in [2.24, 2.45) is 0 Å². The van der Waals surface area contributed by atoms with E-state index in [-0.39, 0.29) is 12.6 Å². The molecule has 0 saturated carbocycles. The number of nitriles is 1. The minimum atomic E-state index is -1.50. The van der Waals surface area contributed by atoms with E-state index < -0.39 is 29.0 Å². The monoisotopic (exact) mass is 280 g/mol. The summed E-state index contributed by atoms with van der Waals surface area (Å²) in [4.78, 5) is 0. The number of benzene rings is 2. The Kier molecular flexibility index (Phi) is 3.89. The Morgan fingerprint density at radius 3 is 2.20 bits per heavy atom. The molecule has 0 heterocycles. The van der Waals surface area contributed by atoms with Crippen LogP contribution >= 0.6 is 0 Å². The highest BCUT2D eigenvalue weighted by Gasteiger charge is 2.18. The molecule has 0 radical (unpaired) electrons. The lowest BCUT2D eigenvalue weighted by Gasteiger charge is -2.10. The predicted molar refractivity (Wildman–Crippen MR) is 64.8 cm³/mol. The van der Waals surface area contributed by atoms with Crippen LogP contribution < -0.4 is 5.32 Å². The summed E-state index contributed by atoms with van der Waals surface area (Å²) in [7, 11) is 0. The molecule has 0 spiro atoms. The van der Waals surface area contributed by atoms with Crippen molar-refractivity contribution in [2.75, 3.05) is 5.32 Å². The zero-order chi connectivity index (χ0) is 14.7. The smallest absolute Gasteiger partial charge is 0.185 e. The predicted octanol–water partition coefficient (Wildman–Crippen LogP) is 3.73. The molecule has 0 aliphatic heterocycles. The third kappa shape index (κ3) is 2.57. The van der Waals surface area contributed by atoms with Crippen molar-refractivity contribution < 1.29 is 17.6 Å². The maximum atomic E-state index is 13.4. The van der Waals surface area contributed by atoms with Gasteiger partial charge in [-0.3, -0.25) is 0 Å². The summed E-state index contributed by atoms with van der Waals surface area (Å²) in [5.74, 6) is -5.98. The Hall–Kier alpha value is -2.55. The summed E-state index contributed by atoms with van der Waals surface area (Å²) < 4.78 is 52.9. The lowest BCUT2D eigenvalue weighted by molar-refractivity contribution is 0.458. The maximum Gasteiger partial charge on any atom is 0.185 e. The SMILES string of the molecule is N#Cc1ccccc1CNc1c(F)c(F)cc(F)c1F. The van der Waals surface area contributed by atoms with Gasteiger partial charge in [0, 0.05) is 12.6 Å². The minimum absolute atomic E-state index is 0.138. The Morgan fingerprint density at radius 1 is 1.00 bits per heavy atom. The molecule has 0 bridgehead atoms. The van der Waals surface area contributed by atoms with Crippen LogP contribution in [0.1, 0.15) is 11.1 Å². The van der Waals surface area contributed by atoms with Gasteiger partial charge in [0.25, 0.3) is 0 Å². The molecule has 1 N–H and O–H groups in total. The number of nitrogens with zero attached hydrogens (tertiary/aromatic N) is 1. The van der Waals surface area contributed by atoms with Gasteiger partial charge in [-0.05, 0) is 11.6 Å². The average Bonchev–Trinajstić information content (AvgIpc) is 2.45. The molecule has 2 nitrogen and oxygen atoms in total. The molecule has 0 atom stereocenters. The number of anilines is 1. The van der Waals surface area contributed by atoms with Gasteiger partial charge >= 0.3 is 0 Å². The maximum absolute atomic E-state index is 13.4. The van der Waals surface area contributed by atoms with Gasteiger partial charge in [0.05, 0.1) is 11.6 Å². The molecule has 0 amide bonds. The fraction of sp³-hybridized carbons (Fsp3) is 0.0714. The highest BCUT2D eigenvalue weighted by molar-refractivity contribution is 5.49. The van der Waals surface area contributed by atoms with E-state index in [0.29, 0.717) is 11.1 Å². The van der Waals surface area contributed by atoms with Crippen molar-refractivity contribution in [1.29, 1.82) is 5.26 Å². The van der Waals surface area contributed by atoms with Crippen molar-refractivity contribution in [3.8, 4) is 6.07 Å². The van der Waals surface area contributed by atoms with Gasteiger partial charge in [-0.25, -0.2) is 17.6 Å². The first-order valence-corrected chi connectivity index (χ1v) is 5.59. The second-order valence-corrected chi connectivity index (χ2v) is 3.97. The highest BCUT2D eigenvalue weighted by Crippen LogP contribution is 2.24. The van der Waals surface area contributed by atoms with Crippen molar-refractivity contribution in [3.05, 3.63) is 64.7 Å². The summed E-state index contributed by atoms with van der Waals surface area (Å²) >= 11 is 0. The number of halogens is 4. The largest absolute Gasteiger partial charge is 0.376 e. The Bertz CT molecular complexity index is 666. The molecule has 6 heteroatoms. The van der Waals surface area contributed by atoms with Crippen LogP contribution in [-0.2, 0) is 6.54 Å². The first-order chi connectivity index (χ1) is 9.54. The highest BCUT2D eigenvalue weighted by atomic mass is 19.2. The second kappa shape index (κ2) is 5.61. The van der Waals surface area contributed by atoms with Crippen molar-refractivity contribution >= 4 is 5.69 Å². The number of nitrogens with one attached hydrogen (secondary N) is 1. The zero-order valence-corrected chi connectivity index (χ0v) is 10.1. The van der Waals surface area contributed by atoms with Gasteiger partial charge in [-0.15, -0.1) is 0 Å². The van der Waals surface area contributed by atoms with Crippen LogP contribution in [0.25, 0.3) is 0 Å². The van der Waals surface area contributed by atoms with Gasteiger partial charge in [0.2, 0.25) is 0 Å². The Labute approximate surface area is 112 Å². The normalized spacial score (nSPS) is 10.2. The van der Waals surface area contributed by atoms with Gasteiger partial charge in [-0.1, -0.05) is 18.2 Å². The van der Waals surface area contributed by atoms with Crippen LogP contribution in [0.15, 0.2) is 30.3 Å². The van der Waals surface area contributed by atoms with E-state index in [2.05, 4.69) is 5.32 Å². The summed E-state index contributed by atoms with van der Waals surface area (Å²) in [6.45, 7) is -0.138. The van der Waals surface area contributed by atoms with Gasteiger partial charge in [0.1, 0.15) is 5.69 Å². The topological polar surface area (TPSA) is 35.8 Å². The molecule has 2 aromatic rings. The molecular formula is C14H8F4N2. The van der Waals surface area contributed by atoms with Crippen LogP contribution in [0.5, 0.6) is 0 Å². The second-order valence-electron chi connectivity index (χ2n) is 3.97. The summed E-state index contributed by atoms with van der Waals surface area (Å²) in [5, 5.41) is 11.1. The summed E-state index contributed by atoms with van der Waals surface area (Å²) in [6.07, 6.45) is 0. The molecule has 0 aromatic heterocycles. The van der Waals surface area contributed by atoms with E-state index in [1.54, 1.807) is 18.2 Å². The molecule has 0 aliphatic rings. The summed E-state index contributed by atoms with van der Waals surface area (Å²) in [6, 6.07) is 8.40. The third-order valence-electron chi connectivity index (χ3n) is 2.71. The molecule has 0 unspecified atom stereocenters. The van der Waals surface area contributed by atoms with E-state index in [1.807, 2.05) is 6.07 Å². The molecule has 0 saturated heterocycles. The van der Waals surface area contributed by atoms with Crippen LogP contribution in [0.3, 0.4) is 0 Å². The molecular weight excluding hydrogens is 272 g/mol. The van der Waals surface area contributed by atoms with E-state index in [9.17, 15) is 17.6 Å². The third-order valence-corrected chi connectivity index (χ3v) is 2.71. The van der Waals surface area contributed by atoms with E-state index in [1.165, 1.54) is 6.07 Å². The van der Waals surface area contributed by atoms with Crippen molar-refractivity contribution in [2.45, 2.75) is 6.54 Å². The standard InChI is InChI=1S/C14H8F4N2/c15-10-5-11(16)13(18)14(12(10)17)20-7-9-4-2-1-3-8(9)6-19/h1-5,20H,7H2. The van der Waals surface area contributed by atoms with Gasteiger partial charge in [0.15, 0.2) is 23.3 Å². The first kappa shape index (κ1) is 13.9. The zero-order valence-electron chi connectivity index (χ0n) is 10.1. The van der Waals surface area contributed by atoms with Crippen LogP contribution in [0.2, 0.25) is 0 Å². The van der Waals surface area contributed by atoms with Crippen LogP contribution in [0.4, 0.5) is 23.2 Å². The number of rotatable bonds is 3. The molecule has 0 aliphatic carbocycles. The fourth-order valence-corrected chi connectivity index (χ4v) is 1.70. The van der Waals surface area contributed by atoms with Crippen molar-refractivity contribution in [3.63, 3.8) is 0 Å². The number of hydrogen-bond acceptors (Lipinski definition) is 2. The fourth-order valence-electron chi connectivity index (χ4n) is 1.70. The van der Waals surface area contributed by atoms with Gasteiger partial charge in [-0.2, -0.15) is 5.26 Å². The van der Waals surface area contributed by atoms with E-state index in [0.717, 1.165) is 0 Å². The number of hydrogen-bond donors (Lipinski definition) is 1. The van der Waals surface area contributed by atoms with Crippen LogP contribution in [-0.4, -0.2) is 0 Å². The van der Waals surface area contributed by atoms with E-state index >= 15 is 0 Å².